The van der Waals surface area contributed by atoms with Crippen LogP contribution in [0.5, 0.6) is 5.75 Å². The third kappa shape index (κ3) is 5.67. The first kappa shape index (κ1) is 22.2. The van der Waals surface area contributed by atoms with E-state index < -0.39 is 12.5 Å². The number of benzene rings is 1. The number of carbonyl (C=O) groups excluding carboxylic acids is 1. The Morgan fingerprint density at radius 2 is 1.97 bits per heavy atom. The maximum Gasteiger partial charge on any atom is 0.387 e. The molecule has 0 aliphatic heterocycles. The smallest absolute Gasteiger partial charge is 0.387 e. The van der Waals surface area contributed by atoms with E-state index in [1.165, 1.54) is 17.0 Å². The molecule has 29 heavy (non-hydrogen) atoms. The second-order valence-electron chi connectivity index (χ2n) is 6.83. The highest BCUT2D eigenvalue weighted by Crippen LogP contribution is 2.20. The van der Waals surface area contributed by atoms with Gasteiger partial charge in [0, 0.05) is 31.5 Å². The summed E-state index contributed by atoms with van der Waals surface area (Å²) < 4.78 is 30.9. The number of carbonyl (C=O) groups is 1. The number of amides is 1. The van der Waals surface area contributed by atoms with Crippen molar-refractivity contribution in [1.29, 1.82) is 5.26 Å². The van der Waals surface area contributed by atoms with E-state index in [1.807, 2.05) is 26.0 Å². The van der Waals surface area contributed by atoms with Gasteiger partial charge in [-0.25, -0.2) is 0 Å². The van der Waals surface area contributed by atoms with Gasteiger partial charge < -0.3 is 14.2 Å². The van der Waals surface area contributed by atoms with Gasteiger partial charge in [-0.15, -0.1) is 0 Å². The Balaban J connectivity index is 2.15. The number of nitriles is 1. The minimum Gasteiger partial charge on any atom is -0.435 e. The van der Waals surface area contributed by atoms with Gasteiger partial charge in [-0.3, -0.25) is 4.79 Å². The summed E-state index contributed by atoms with van der Waals surface area (Å²) in [6.45, 7) is 4.31. The van der Waals surface area contributed by atoms with Gasteiger partial charge in [0.25, 0.3) is 5.91 Å². The molecule has 2 rings (SSSR count). The summed E-state index contributed by atoms with van der Waals surface area (Å²) in [7, 11) is 1.59. The van der Waals surface area contributed by atoms with Crippen LogP contribution in [0, 0.1) is 25.2 Å². The Kier molecular flexibility index (Phi) is 7.54. The molecule has 5 nitrogen and oxygen atoms in total. The van der Waals surface area contributed by atoms with Crippen molar-refractivity contribution in [3.8, 4) is 11.8 Å². The Morgan fingerprint density at radius 1 is 1.31 bits per heavy atom. The highest BCUT2D eigenvalue weighted by Gasteiger charge is 2.17. The average molecular weight is 401 g/mol. The van der Waals surface area contributed by atoms with Crippen LogP contribution >= 0.6 is 0 Å². The van der Waals surface area contributed by atoms with Crippen molar-refractivity contribution in [3.63, 3.8) is 0 Å². The second kappa shape index (κ2) is 9.87. The molecule has 1 amide bonds. The van der Waals surface area contributed by atoms with E-state index in [1.54, 1.807) is 25.3 Å². The van der Waals surface area contributed by atoms with Gasteiger partial charge in [0.05, 0.1) is 0 Å². The zero-order chi connectivity index (χ0) is 21.6. The first-order valence-corrected chi connectivity index (χ1v) is 9.34. The topological polar surface area (TPSA) is 58.3 Å². The fraction of sp³-hybridized carbons (Fsp3) is 0.364. The molecule has 0 spiro atoms. The second-order valence-corrected chi connectivity index (χ2v) is 6.83. The molecule has 1 aromatic heterocycles. The number of nitrogens with zero attached hydrogens (tertiary/aromatic N) is 3. The van der Waals surface area contributed by atoms with Crippen molar-refractivity contribution in [1.82, 2.24) is 9.47 Å². The molecule has 0 saturated heterocycles. The van der Waals surface area contributed by atoms with Gasteiger partial charge in [0.1, 0.15) is 17.4 Å². The molecule has 0 aliphatic carbocycles. The number of ether oxygens (including phenoxy) is 1. The van der Waals surface area contributed by atoms with Gasteiger partial charge in [-0.1, -0.05) is 19.1 Å². The van der Waals surface area contributed by atoms with Crippen LogP contribution in [0.1, 0.15) is 35.9 Å². The molecule has 0 atom stereocenters. The Bertz CT molecular complexity index is 925. The first-order valence-electron chi connectivity index (χ1n) is 9.34. The standard InChI is InChI=1S/C22H25F2N3O2/c1-5-10-27-15(2)11-18(16(27)3)12-19(13-25)21(28)26(4)14-17-6-8-20(9-7-17)29-22(23)24/h6-9,11-12,22H,5,10,14H2,1-4H3/b19-12+. The number of hydrogen-bond donors (Lipinski definition) is 0. The predicted octanol–water partition coefficient (Wildman–Crippen LogP) is 4.68. The minimum atomic E-state index is -2.88. The van der Waals surface area contributed by atoms with Crippen LogP contribution < -0.4 is 4.74 Å². The monoisotopic (exact) mass is 401 g/mol. The Labute approximate surface area is 169 Å². The fourth-order valence-electron chi connectivity index (χ4n) is 3.17. The highest BCUT2D eigenvalue weighted by atomic mass is 19.3. The van der Waals surface area contributed by atoms with Crippen LogP contribution in [0.15, 0.2) is 35.9 Å². The van der Waals surface area contributed by atoms with E-state index in [9.17, 15) is 18.8 Å². The van der Waals surface area contributed by atoms with Crippen molar-refractivity contribution >= 4 is 12.0 Å². The SMILES string of the molecule is CCCn1c(C)cc(/C=C(\C#N)C(=O)N(C)Cc2ccc(OC(F)F)cc2)c1C. The number of hydrogen-bond acceptors (Lipinski definition) is 3. The largest absolute Gasteiger partial charge is 0.435 e. The predicted molar refractivity (Wildman–Crippen MR) is 107 cm³/mol. The van der Waals surface area contributed by atoms with E-state index >= 15 is 0 Å². The third-order valence-corrected chi connectivity index (χ3v) is 4.63. The molecular formula is C22H25F2N3O2. The van der Waals surface area contributed by atoms with Crippen molar-refractivity contribution in [3.05, 3.63) is 58.4 Å². The molecule has 0 saturated carbocycles. The molecule has 0 unspecified atom stereocenters. The minimum absolute atomic E-state index is 0.0434. The number of aromatic nitrogens is 1. The lowest BCUT2D eigenvalue weighted by molar-refractivity contribution is -0.125. The molecule has 0 radical (unpaired) electrons. The normalized spacial score (nSPS) is 11.4. The third-order valence-electron chi connectivity index (χ3n) is 4.63. The summed E-state index contributed by atoms with van der Waals surface area (Å²) in [5.41, 5.74) is 3.73. The molecule has 154 valence electrons. The average Bonchev–Trinajstić information content (AvgIpc) is 2.94. The van der Waals surface area contributed by atoms with E-state index in [0.717, 1.165) is 35.5 Å². The number of rotatable bonds is 8. The maximum atomic E-state index is 12.7. The summed E-state index contributed by atoms with van der Waals surface area (Å²) in [5, 5.41) is 9.50. The van der Waals surface area contributed by atoms with E-state index in [2.05, 4.69) is 16.2 Å². The van der Waals surface area contributed by atoms with Crippen LogP contribution in [-0.2, 0) is 17.9 Å². The summed E-state index contributed by atoms with van der Waals surface area (Å²) in [6.07, 6.45) is 2.61. The van der Waals surface area contributed by atoms with Crippen molar-refractivity contribution < 1.29 is 18.3 Å². The molecule has 0 bridgehead atoms. The van der Waals surface area contributed by atoms with E-state index in [-0.39, 0.29) is 17.9 Å². The molecule has 1 heterocycles. The Hall–Kier alpha value is -3.14. The quantitative estimate of drug-likeness (QED) is 0.477. The first-order chi connectivity index (χ1) is 13.8. The van der Waals surface area contributed by atoms with Gasteiger partial charge in [-0.2, -0.15) is 14.0 Å². The lowest BCUT2D eigenvalue weighted by Crippen LogP contribution is -2.27. The van der Waals surface area contributed by atoms with Gasteiger partial charge in [-0.05, 0) is 55.7 Å². The number of alkyl halides is 2. The van der Waals surface area contributed by atoms with Crippen LogP contribution in [0.3, 0.4) is 0 Å². The molecule has 1 aromatic carbocycles. The molecular weight excluding hydrogens is 376 g/mol. The van der Waals surface area contributed by atoms with Crippen molar-refractivity contribution in [2.24, 2.45) is 0 Å². The molecule has 2 aromatic rings. The zero-order valence-electron chi connectivity index (χ0n) is 17.1. The highest BCUT2D eigenvalue weighted by molar-refractivity contribution is 6.01. The maximum absolute atomic E-state index is 12.7. The summed E-state index contributed by atoms with van der Waals surface area (Å²) in [4.78, 5) is 14.1. The molecule has 7 heteroatoms. The number of likely N-dealkylation sites (N-methyl/N-ethyl adjacent to an activating group) is 1. The van der Waals surface area contributed by atoms with Crippen molar-refractivity contribution in [2.75, 3.05) is 7.05 Å². The molecule has 0 N–H and O–H groups in total. The van der Waals surface area contributed by atoms with Gasteiger partial charge in [0.2, 0.25) is 0 Å². The van der Waals surface area contributed by atoms with Gasteiger partial charge in [0.15, 0.2) is 0 Å². The molecule has 0 fully saturated rings. The summed E-state index contributed by atoms with van der Waals surface area (Å²) in [5.74, 6) is -0.349. The Morgan fingerprint density at radius 3 is 2.52 bits per heavy atom. The van der Waals surface area contributed by atoms with Crippen LogP contribution in [-0.4, -0.2) is 29.0 Å². The summed E-state index contributed by atoms with van der Waals surface area (Å²) in [6, 6.07) is 10.0. The number of halogens is 2. The van der Waals surface area contributed by atoms with Crippen LogP contribution in [0.4, 0.5) is 8.78 Å². The number of aryl methyl sites for hydroxylation is 1. The summed E-state index contributed by atoms with van der Waals surface area (Å²) >= 11 is 0. The zero-order valence-corrected chi connectivity index (χ0v) is 17.1. The van der Waals surface area contributed by atoms with Gasteiger partial charge >= 0.3 is 6.61 Å². The lowest BCUT2D eigenvalue weighted by Gasteiger charge is -2.17. The van der Waals surface area contributed by atoms with Crippen LogP contribution in [0.25, 0.3) is 6.08 Å². The van der Waals surface area contributed by atoms with E-state index in [0.29, 0.717) is 0 Å². The molecule has 0 aliphatic rings. The van der Waals surface area contributed by atoms with E-state index in [4.69, 9.17) is 0 Å². The van der Waals surface area contributed by atoms with Crippen LogP contribution in [0.2, 0.25) is 0 Å². The van der Waals surface area contributed by atoms with Crippen molar-refractivity contribution in [2.45, 2.75) is 46.9 Å². The lowest BCUT2D eigenvalue weighted by atomic mass is 10.1. The fourth-order valence-corrected chi connectivity index (χ4v) is 3.17.